The summed E-state index contributed by atoms with van der Waals surface area (Å²) in [5, 5.41) is 11.4. The van der Waals surface area contributed by atoms with Crippen molar-refractivity contribution in [1.29, 1.82) is 0 Å². The maximum Gasteiger partial charge on any atom is 0.335 e. The van der Waals surface area contributed by atoms with Crippen molar-refractivity contribution in [2.24, 2.45) is 0 Å². The van der Waals surface area contributed by atoms with Gasteiger partial charge in [-0.1, -0.05) is 11.8 Å². The molecule has 1 aromatic carbocycles. The van der Waals surface area contributed by atoms with Crippen LogP contribution in [0, 0.1) is 0 Å². The molecule has 1 unspecified atom stereocenters. The van der Waals surface area contributed by atoms with E-state index in [0.717, 1.165) is 23.0 Å². The number of carbonyl (C=O) groups is 3. The highest BCUT2D eigenvalue weighted by Gasteiger charge is 2.34. The molecule has 2 heterocycles. The van der Waals surface area contributed by atoms with Gasteiger partial charge in [-0.25, -0.2) is 4.79 Å². The molecule has 0 bridgehead atoms. The highest BCUT2D eigenvalue weighted by atomic mass is 32.2. The largest absolute Gasteiger partial charge is 0.478 e. The number of carbonyl (C=O) groups excluding carboxylic acids is 2. The van der Waals surface area contributed by atoms with E-state index in [1.165, 1.54) is 6.07 Å². The minimum Gasteiger partial charge on any atom is -0.478 e. The van der Waals surface area contributed by atoms with Crippen LogP contribution >= 0.6 is 11.8 Å². The number of nitrogens with one attached hydrogen (secondary N) is 1. The third-order valence-electron chi connectivity index (χ3n) is 3.46. The number of anilines is 1. The minimum atomic E-state index is -0.975. The van der Waals surface area contributed by atoms with Gasteiger partial charge in [0.15, 0.2) is 0 Å². The number of amides is 2. The zero-order valence-electron chi connectivity index (χ0n) is 10.5. The van der Waals surface area contributed by atoms with E-state index in [2.05, 4.69) is 5.32 Å². The van der Waals surface area contributed by atoms with Crippen LogP contribution < -0.4 is 10.2 Å². The lowest BCUT2D eigenvalue weighted by molar-refractivity contribution is -0.119. The van der Waals surface area contributed by atoms with Gasteiger partial charge in [0.05, 0.1) is 5.56 Å². The normalized spacial score (nSPS) is 20.7. The fourth-order valence-electron chi connectivity index (χ4n) is 2.47. The maximum absolute atomic E-state index is 12.4. The SMILES string of the molecule is O=C1NC(C(=O)N2CCc3cc(C(=O)O)ccc32)CS1. The van der Waals surface area contributed by atoms with Gasteiger partial charge in [0.1, 0.15) is 6.04 Å². The van der Waals surface area contributed by atoms with Gasteiger partial charge in [-0.3, -0.25) is 9.59 Å². The molecule has 1 saturated heterocycles. The Labute approximate surface area is 119 Å². The van der Waals surface area contributed by atoms with Crippen LogP contribution in [-0.4, -0.2) is 40.6 Å². The lowest BCUT2D eigenvalue weighted by atomic mass is 10.1. The summed E-state index contributed by atoms with van der Waals surface area (Å²) in [6.07, 6.45) is 0.635. The highest BCUT2D eigenvalue weighted by molar-refractivity contribution is 8.14. The van der Waals surface area contributed by atoms with Gasteiger partial charge in [0.2, 0.25) is 5.91 Å². The molecule has 3 rings (SSSR count). The van der Waals surface area contributed by atoms with E-state index in [9.17, 15) is 14.4 Å². The monoisotopic (exact) mass is 292 g/mol. The van der Waals surface area contributed by atoms with Crippen molar-refractivity contribution in [3.8, 4) is 0 Å². The Morgan fingerprint density at radius 1 is 1.40 bits per heavy atom. The quantitative estimate of drug-likeness (QED) is 0.852. The first-order valence-corrected chi connectivity index (χ1v) is 7.16. The summed E-state index contributed by atoms with van der Waals surface area (Å²) in [5.74, 6) is -0.668. The molecular formula is C13H12N2O4S. The van der Waals surface area contributed by atoms with E-state index in [1.807, 2.05) is 0 Å². The third kappa shape index (κ3) is 2.14. The standard InChI is InChI=1S/C13H12N2O4S/c16-11(9-6-20-13(19)14-9)15-4-3-7-5-8(12(17)18)1-2-10(7)15/h1-2,5,9H,3-4,6H2,(H,14,19)(H,17,18). The minimum absolute atomic E-state index is 0.134. The van der Waals surface area contributed by atoms with Gasteiger partial charge >= 0.3 is 5.97 Å². The first-order chi connectivity index (χ1) is 9.56. The number of hydrogen-bond donors (Lipinski definition) is 2. The molecule has 1 aromatic rings. The van der Waals surface area contributed by atoms with Crippen molar-refractivity contribution in [3.63, 3.8) is 0 Å². The lowest BCUT2D eigenvalue weighted by Gasteiger charge is -2.20. The molecule has 6 nitrogen and oxygen atoms in total. The molecule has 2 aliphatic heterocycles. The summed E-state index contributed by atoms with van der Waals surface area (Å²) in [7, 11) is 0. The summed E-state index contributed by atoms with van der Waals surface area (Å²) < 4.78 is 0. The summed E-state index contributed by atoms with van der Waals surface area (Å²) in [6.45, 7) is 0.522. The third-order valence-corrected chi connectivity index (χ3v) is 4.34. The number of thioether (sulfide) groups is 1. The predicted octanol–water partition coefficient (Wildman–Crippen LogP) is 1.10. The Morgan fingerprint density at radius 2 is 2.20 bits per heavy atom. The van der Waals surface area contributed by atoms with Crippen molar-refractivity contribution in [3.05, 3.63) is 29.3 Å². The van der Waals surface area contributed by atoms with E-state index >= 15 is 0 Å². The van der Waals surface area contributed by atoms with E-state index < -0.39 is 12.0 Å². The van der Waals surface area contributed by atoms with Gasteiger partial charge in [-0.2, -0.15) is 0 Å². The van der Waals surface area contributed by atoms with Crippen LogP contribution in [0.15, 0.2) is 18.2 Å². The number of hydrogen-bond acceptors (Lipinski definition) is 4. The van der Waals surface area contributed by atoms with Crippen LogP contribution in [0.25, 0.3) is 0 Å². The van der Waals surface area contributed by atoms with Gasteiger partial charge in [-0.05, 0) is 30.2 Å². The summed E-state index contributed by atoms with van der Waals surface area (Å²) in [6, 6.07) is 4.27. The lowest BCUT2D eigenvalue weighted by Crippen LogP contribution is -2.45. The highest BCUT2D eigenvalue weighted by Crippen LogP contribution is 2.30. The van der Waals surface area contributed by atoms with Crippen molar-refractivity contribution in [1.82, 2.24) is 5.32 Å². The molecule has 1 fully saturated rings. The number of benzene rings is 1. The van der Waals surface area contributed by atoms with Crippen molar-refractivity contribution >= 4 is 34.6 Å². The van der Waals surface area contributed by atoms with E-state index in [1.54, 1.807) is 17.0 Å². The van der Waals surface area contributed by atoms with Gasteiger partial charge < -0.3 is 15.3 Å². The number of aromatic carboxylic acids is 1. The first-order valence-electron chi connectivity index (χ1n) is 6.17. The molecule has 2 aliphatic rings. The summed E-state index contributed by atoms with van der Waals surface area (Å²) in [4.78, 5) is 36.1. The van der Waals surface area contributed by atoms with Crippen molar-refractivity contribution < 1.29 is 19.5 Å². The second kappa shape index (κ2) is 4.82. The summed E-state index contributed by atoms with van der Waals surface area (Å²) >= 11 is 1.10. The fourth-order valence-corrected chi connectivity index (χ4v) is 3.24. The van der Waals surface area contributed by atoms with Crippen LogP contribution in [0.5, 0.6) is 0 Å². The number of carboxylic acid groups (broad SMARTS) is 1. The van der Waals surface area contributed by atoms with Gasteiger partial charge in [0, 0.05) is 18.0 Å². The molecule has 104 valence electrons. The molecule has 7 heteroatoms. The van der Waals surface area contributed by atoms with Crippen LogP contribution in [0.1, 0.15) is 15.9 Å². The zero-order valence-corrected chi connectivity index (χ0v) is 11.3. The topological polar surface area (TPSA) is 86.7 Å². The van der Waals surface area contributed by atoms with E-state index in [4.69, 9.17) is 5.11 Å². The second-order valence-corrected chi connectivity index (χ2v) is 5.68. The first kappa shape index (κ1) is 13.0. The van der Waals surface area contributed by atoms with E-state index in [0.29, 0.717) is 18.7 Å². The molecular weight excluding hydrogens is 280 g/mol. The zero-order chi connectivity index (χ0) is 14.3. The molecule has 2 amide bonds. The average Bonchev–Trinajstić information content (AvgIpc) is 3.03. The summed E-state index contributed by atoms with van der Waals surface area (Å²) in [5.41, 5.74) is 1.82. The van der Waals surface area contributed by atoms with Crippen LogP contribution in [0.3, 0.4) is 0 Å². The number of nitrogens with zero attached hydrogens (tertiary/aromatic N) is 1. The molecule has 0 aliphatic carbocycles. The van der Waals surface area contributed by atoms with Crippen LogP contribution in [-0.2, 0) is 11.2 Å². The molecule has 1 atom stereocenters. The van der Waals surface area contributed by atoms with Crippen LogP contribution in [0.2, 0.25) is 0 Å². The maximum atomic E-state index is 12.4. The predicted molar refractivity (Wildman–Crippen MR) is 74.2 cm³/mol. The molecule has 2 N–H and O–H groups in total. The van der Waals surface area contributed by atoms with Gasteiger partial charge in [-0.15, -0.1) is 0 Å². The molecule has 0 spiro atoms. The smallest absolute Gasteiger partial charge is 0.335 e. The van der Waals surface area contributed by atoms with Crippen LogP contribution in [0.4, 0.5) is 10.5 Å². The molecule has 0 aromatic heterocycles. The van der Waals surface area contributed by atoms with Gasteiger partial charge in [0.25, 0.3) is 5.24 Å². The molecule has 0 radical (unpaired) electrons. The molecule has 0 saturated carbocycles. The Balaban J connectivity index is 1.84. The second-order valence-electron chi connectivity index (χ2n) is 4.68. The Kier molecular flexibility index (Phi) is 3.13. The van der Waals surface area contributed by atoms with E-state index in [-0.39, 0.29) is 16.7 Å². The fraction of sp³-hybridized carbons (Fsp3) is 0.308. The number of carboxylic acids is 1. The Morgan fingerprint density at radius 3 is 2.85 bits per heavy atom. The van der Waals surface area contributed by atoms with Crippen molar-refractivity contribution in [2.75, 3.05) is 17.2 Å². The number of fused-ring (bicyclic) bond motifs is 1. The Hall–Kier alpha value is -2.02. The average molecular weight is 292 g/mol. The number of rotatable bonds is 2. The Bertz CT molecular complexity index is 616. The van der Waals surface area contributed by atoms with Crippen molar-refractivity contribution in [2.45, 2.75) is 12.5 Å². The molecule has 20 heavy (non-hydrogen) atoms.